The Bertz CT molecular complexity index is 165. The van der Waals surface area contributed by atoms with Gasteiger partial charge in [0.15, 0.2) is 0 Å². The van der Waals surface area contributed by atoms with E-state index in [1.165, 1.54) is 0 Å². The molecule has 1 aliphatic rings. The minimum Gasteiger partial charge on any atom is -0.370 e. The number of hydrogen-bond acceptors (Lipinski definition) is 3. The number of amidine groups is 1. The summed E-state index contributed by atoms with van der Waals surface area (Å²) in [6.07, 6.45) is 0. The van der Waals surface area contributed by atoms with Crippen molar-refractivity contribution in [3.8, 4) is 0 Å². The molecule has 0 aromatic heterocycles. The molecule has 5 heteroatoms. The number of amides is 2. The van der Waals surface area contributed by atoms with Crippen LogP contribution >= 0.6 is 0 Å². The molecule has 0 aliphatic carbocycles. The number of nitrogens with zero attached hydrogens (tertiary/aromatic N) is 1. The molecule has 0 saturated heterocycles. The number of nitrogens with one attached hydrogen (secondary N) is 2. The fourth-order valence-electron chi connectivity index (χ4n) is 0.736. The van der Waals surface area contributed by atoms with Gasteiger partial charge in [0.1, 0.15) is 5.84 Å². The van der Waals surface area contributed by atoms with Crippen LogP contribution in [0.4, 0.5) is 4.79 Å². The summed E-state index contributed by atoms with van der Waals surface area (Å²) in [5.41, 5.74) is 4.84. The van der Waals surface area contributed by atoms with E-state index < -0.39 is 6.03 Å². The molecular formula is C5H10N4O. The Kier molecular flexibility index (Phi) is 2.09. The van der Waals surface area contributed by atoms with Crippen LogP contribution in [-0.4, -0.2) is 31.5 Å². The molecular weight excluding hydrogens is 132 g/mol. The van der Waals surface area contributed by atoms with E-state index in [0.717, 1.165) is 18.9 Å². The molecule has 0 spiro atoms. The van der Waals surface area contributed by atoms with Crippen molar-refractivity contribution < 1.29 is 4.79 Å². The highest BCUT2D eigenvalue weighted by Gasteiger charge is 2.03. The van der Waals surface area contributed by atoms with Crippen molar-refractivity contribution in [3.05, 3.63) is 0 Å². The molecule has 0 aromatic carbocycles. The van der Waals surface area contributed by atoms with Gasteiger partial charge in [0.05, 0.1) is 13.1 Å². The van der Waals surface area contributed by atoms with Gasteiger partial charge in [-0.3, -0.25) is 4.99 Å². The van der Waals surface area contributed by atoms with Crippen LogP contribution in [-0.2, 0) is 0 Å². The van der Waals surface area contributed by atoms with Crippen molar-refractivity contribution in [2.75, 3.05) is 19.6 Å². The van der Waals surface area contributed by atoms with Gasteiger partial charge in [-0.2, -0.15) is 0 Å². The van der Waals surface area contributed by atoms with Crippen LogP contribution in [0.5, 0.6) is 0 Å². The van der Waals surface area contributed by atoms with E-state index >= 15 is 0 Å². The molecule has 4 N–H and O–H groups in total. The van der Waals surface area contributed by atoms with E-state index in [4.69, 9.17) is 5.73 Å². The smallest absolute Gasteiger partial charge is 0.312 e. The Balaban J connectivity index is 2.19. The number of nitrogens with two attached hydrogens (primary N) is 1. The lowest BCUT2D eigenvalue weighted by molar-refractivity contribution is 0.250. The van der Waals surface area contributed by atoms with E-state index in [0.29, 0.717) is 6.54 Å². The third-order valence-corrected chi connectivity index (χ3v) is 1.17. The maximum Gasteiger partial charge on any atom is 0.312 e. The lowest BCUT2D eigenvalue weighted by Gasteiger charge is -2.00. The van der Waals surface area contributed by atoms with Crippen LogP contribution in [0.2, 0.25) is 0 Å². The average Bonchev–Trinajstić information content (AvgIpc) is 2.34. The molecule has 56 valence electrons. The zero-order chi connectivity index (χ0) is 7.40. The maximum absolute atomic E-state index is 10.2. The molecule has 10 heavy (non-hydrogen) atoms. The Hall–Kier alpha value is -1.26. The summed E-state index contributed by atoms with van der Waals surface area (Å²) in [4.78, 5) is 14.2. The molecule has 5 nitrogen and oxygen atoms in total. The Morgan fingerprint density at radius 2 is 2.70 bits per heavy atom. The van der Waals surface area contributed by atoms with Gasteiger partial charge >= 0.3 is 6.03 Å². The number of urea groups is 1. The SMILES string of the molecule is NC(=O)NCC1=NCCN1. The summed E-state index contributed by atoms with van der Waals surface area (Å²) in [5, 5.41) is 5.42. The highest BCUT2D eigenvalue weighted by Crippen LogP contribution is 1.81. The number of rotatable bonds is 2. The van der Waals surface area contributed by atoms with Gasteiger partial charge in [-0.15, -0.1) is 0 Å². The number of hydrogen-bond donors (Lipinski definition) is 3. The number of primary amides is 1. The fraction of sp³-hybridized carbons (Fsp3) is 0.600. The molecule has 0 unspecified atom stereocenters. The molecule has 0 fully saturated rings. The van der Waals surface area contributed by atoms with Crippen molar-refractivity contribution in [1.82, 2.24) is 10.6 Å². The van der Waals surface area contributed by atoms with E-state index in [9.17, 15) is 4.79 Å². The molecule has 0 bridgehead atoms. The fourth-order valence-corrected chi connectivity index (χ4v) is 0.736. The summed E-state index contributed by atoms with van der Waals surface area (Å²) in [6, 6.07) is -0.517. The molecule has 0 saturated carbocycles. The van der Waals surface area contributed by atoms with Gasteiger partial charge in [0, 0.05) is 6.54 Å². The van der Waals surface area contributed by atoms with E-state index in [2.05, 4.69) is 15.6 Å². The number of carbonyl (C=O) groups excluding carboxylic acids is 1. The molecule has 2 amide bonds. The molecule has 0 aromatic rings. The zero-order valence-corrected chi connectivity index (χ0v) is 5.55. The van der Waals surface area contributed by atoms with Gasteiger partial charge in [-0.1, -0.05) is 0 Å². The molecule has 0 radical (unpaired) electrons. The minimum atomic E-state index is -0.517. The van der Waals surface area contributed by atoms with Crippen LogP contribution in [0.15, 0.2) is 4.99 Å². The number of aliphatic imine (C=N–C) groups is 1. The third kappa shape index (κ3) is 1.93. The summed E-state index contributed by atoms with van der Waals surface area (Å²) < 4.78 is 0. The third-order valence-electron chi connectivity index (χ3n) is 1.17. The Morgan fingerprint density at radius 3 is 3.20 bits per heavy atom. The highest BCUT2D eigenvalue weighted by molar-refractivity contribution is 5.88. The van der Waals surface area contributed by atoms with Crippen molar-refractivity contribution in [1.29, 1.82) is 0 Å². The minimum absolute atomic E-state index is 0.412. The van der Waals surface area contributed by atoms with Crippen LogP contribution in [0.1, 0.15) is 0 Å². The highest BCUT2D eigenvalue weighted by atomic mass is 16.2. The molecule has 1 rings (SSSR count). The first-order chi connectivity index (χ1) is 4.79. The van der Waals surface area contributed by atoms with E-state index in [1.807, 2.05) is 0 Å². The van der Waals surface area contributed by atoms with Gasteiger partial charge in [0.25, 0.3) is 0 Å². The second-order valence-electron chi connectivity index (χ2n) is 1.97. The van der Waals surface area contributed by atoms with Crippen molar-refractivity contribution >= 4 is 11.9 Å². The second kappa shape index (κ2) is 3.05. The Labute approximate surface area is 58.7 Å². The first kappa shape index (κ1) is 6.85. The quantitative estimate of drug-likeness (QED) is 0.446. The second-order valence-corrected chi connectivity index (χ2v) is 1.97. The molecule has 1 heterocycles. The molecule has 1 aliphatic heterocycles. The Morgan fingerprint density at radius 1 is 1.90 bits per heavy atom. The van der Waals surface area contributed by atoms with Crippen LogP contribution in [0.3, 0.4) is 0 Å². The van der Waals surface area contributed by atoms with Gasteiger partial charge in [-0.25, -0.2) is 4.79 Å². The number of carbonyl (C=O) groups is 1. The lowest BCUT2D eigenvalue weighted by atomic mass is 10.6. The molecule has 0 atom stereocenters. The van der Waals surface area contributed by atoms with Gasteiger partial charge < -0.3 is 16.4 Å². The summed E-state index contributed by atoms with van der Waals surface area (Å²) >= 11 is 0. The lowest BCUT2D eigenvalue weighted by Crippen LogP contribution is -2.37. The normalized spacial score (nSPS) is 15.8. The van der Waals surface area contributed by atoms with Crippen molar-refractivity contribution in [2.45, 2.75) is 0 Å². The zero-order valence-electron chi connectivity index (χ0n) is 5.55. The monoisotopic (exact) mass is 142 g/mol. The van der Waals surface area contributed by atoms with E-state index in [1.54, 1.807) is 0 Å². The van der Waals surface area contributed by atoms with Gasteiger partial charge in [-0.05, 0) is 0 Å². The van der Waals surface area contributed by atoms with E-state index in [-0.39, 0.29) is 0 Å². The largest absolute Gasteiger partial charge is 0.370 e. The first-order valence-corrected chi connectivity index (χ1v) is 3.09. The first-order valence-electron chi connectivity index (χ1n) is 3.09. The topological polar surface area (TPSA) is 79.5 Å². The summed E-state index contributed by atoms with van der Waals surface area (Å²) in [7, 11) is 0. The van der Waals surface area contributed by atoms with Crippen molar-refractivity contribution in [2.24, 2.45) is 10.7 Å². The van der Waals surface area contributed by atoms with Crippen LogP contribution in [0.25, 0.3) is 0 Å². The van der Waals surface area contributed by atoms with Crippen LogP contribution < -0.4 is 16.4 Å². The predicted molar refractivity (Wildman–Crippen MR) is 37.9 cm³/mol. The maximum atomic E-state index is 10.2. The van der Waals surface area contributed by atoms with Crippen molar-refractivity contribution in [3.63, 3.8) is 0 Å². The predicted octanol–water partition coefficient (Wildman–Crippen LogP) is -1.34. The summed E-state index contributed by atoms with van der Waals surface area (Å²) in [5.74, 6) is 0.804. The average molecular weight is 142 g/mol. The summed E-state index contributed by atoms with van der Waals surface area (Å²) in [6.45, 7) is 2.06. The van der Waals surface area contributed by atoms with Gasteiger partial charge in [0.2, 0.25) is 0 Å². The van der Waals surface area contributed by atoms with Crippen LogP contribution in [0, 0.1) is 0 Å². The standard InChI is InChI=1S/C5H10N4O/c6-5(10)9-3-4-7-1-2-8-4/h1-3H2,(H,7,8)(H3,6,9,10).